The molecule has 0 saturated heterocycles. The van der Waals surface area contributed by atoms with Crippen molar-refractivity contribution in [3.63, 3.8) is 0 Å². The number of benzene rings is 1. The predicted octanol–water partition coefficient (Wildman–Crippen LogP) is 3.99. The average Bonchev–Trinajstić information content (AvgIpc) is 3.19. The fourth-order valence-electron chi connectivity index (χ4n) is 2.93. The molecule has 0 aliphatic rings. The van der Waals surface area contributed by atoms with Crippen LogP contribution in [-0.2, 0) is 15.1 Å². The second kappa shape index (κ2) is 9.88. The number of pyridine rings is 1. The fourth-order valence-corrected chi connectivity index (χ4v) is 2.93. The summed E-state index contributed by atoms with van der Waals surface area (Å²) in [5.41, 5.74) is 0.937. The summed E-state index contributed by atoms with van der Waals surface area (Å²) in [6.07, 6.45) is 0.225. The fraction of sp³-hybridized carbons (Fsp3) is 0.364. The van der Waals surface area contributed by atoms with Gasteiger partial charge in [0.1, 0.15) is 11.3 Å². The Kier molecular flexibility index (Phi) is 7.68. The van der Waals surface area contributed by atoms with Gasteiger partial charge in [-0.3, -0.25) is 9.78 Å². The number of fused-ring (bicyclic) bond motifs is 1. The lowest BCUT2D eigenvalue weighted by Gasteiger charge is -2.27. The molecule has 0 fully saturated rings. The lowest BCUT2D eigenvalue weighted by atomic mass is 10.0. The highest BCUT2D eigenvalue weighted by Gasteiger charge is 2.38. The van der Waals surface area contributed by atoms with Crippen molar-refractivity contribution >= 4 is 22.6 Å². The van der Waals surface area contributed by atoms with Crippen molar-refractivity contribution in [3.8, 4) is 5.75 Å². The Hall–Kier alpha value is -3.63. The first-order valence-corrected chi connectivity index (χ1v) is 9.82. The van der Waals surface area contributed by atoms with Gasteiger partial charge in [-0.25, -0.2) is 9.78 Å². The van der Waals surface area contributed by atoms with Gasteiger partial charge in [0.25, 0.3) is 0 Å². The van der Waals surface area contributed by atoms with E-state index in [1.54, 1.807) is 19.6 Å². The maximum Gasteiger partial charge on any atom is 0.490 e. The molecule has 0 spiro atoms. The predicted molar refractivity (Wildman–Crippen MR) is 115 cm³/mol. The van der Waals surface area contributed by atoms with Crippen molar-refractivity contribution in [1.82, 2.24) is 19.9 Å². The first kappa shape index (κ1) is 25.6. The van der Waals surface area contributed by atoms with E-state index < -0.39 is 17.7 Å². The number of nitrogens with one attached hydrogen (secondary N) is 1. The van der Waals surface area contributed by atoms with E-state index in [1.165, 1.54) is 0 Å². The molecule has 33 heavy (non-hydrogen) atoms. The Labute approximate surface area is 188 Å². The largest absolute Gasteiger partial charge is 0.497 e. The Morgan fingerprint density at radius 2 is 1.82 bits per heavy atom. The summed E-state index contributed by atoms with van der Waals surface area (Å²) in [6, 6.07) is 7.56. The standard InChI is InChI=1S/C20H24N4O2.C2HF3O2/c1-13-11-24(12-22-13)20(3,4)19(25)23-14(2)18-17-10-16(26-5)7-6-15(17)8-9-21-18;3-2(4,5)1(6)7/h6-12,14H,1-5H3,(H,23,25);(H,6,7). The number of ether oxygens (including phenoxy) is 1. The molecular formula is C22H25F3N4O4. The third-order valence-corrected chi connectivity index (χ3v) is 4.92. The van der Waals surface area contributed by atoms with Crippen LogP contribution in [0.4, 0.5) is 13.2 Å². The average molecular weight is 466 g/mol. The number of halogens is 3. The first-order chi connectivity index (χ1) is 15.3. The molecule has 0 radical (unpaired) electrons. The molecule has 3 aromatic rings. The molecule has 1 unspecified atom stereocenters. The molecule has 11 heteroatoms. The van der Waals surface area contributed by atoms with E-state index in [0.717, 1.165) is 27.9 Å². The smallest absolute Gasteiger partial charge is 0.490 e. The molecule has 2 N–H and O–H groups in total. The third-order valence-electron chi connectivity index (χ3n) is 4.92. The highest BCUT2D eigenvalue weighted by Crippen LogP contribution is 2.27. The monoisotopic (exact) mass is 466 g/mol. The van der Waals surface area contributed by atoms with Crippen LogP contribution < -0.4 is 10.1 Å². The summed E-state index contributed by atoms with van der Waals surface area (Å²) in [5, 5.41) is 12.2. The van der Waals surface area contributed by atoms with Gasteiger partial charge < -0.3 is 19.7 Å². The number of rotatable bonds is 5. The SMILES string of the molecule is COc1ccc2ccnc(C(C)NC(=O)C(C)(C)n3cnc(C)c3)c2c1.O=C(O)C(F)(F)F. The van der Waals surface area contributed by atoms with Crippen LogP contribution in [-0.4, -0.2) is 44.8 Å². The maximum absolute atomic E-state index is 12.9. The number of hydrogen-bond acceptors (Lipinski definition) is 5. The molecule has 0 aliphatic carbocycles. The second-order valence-corrected chi connectivity index (χ2v) is 7.76. The molecule has 0 bridgehead atoms. The molecule has 2 heterocycles. The summed E-state index contributed by atoms with van der Waals surface area (Å²) < 4.78 is 38.9. The van der Waals surface area contributed by atoms with Gasteiger partial charge in [-0.05, 0) is 51.3 Å². The zero-order valence-electron chi connectivity index (χ0n) is 18.8. The van der Waals surface area contributed by atoms with Gasteiger partial charge in [-0.2, -0.15) is 13.2 Å². The van der Waals surface area contributed by atoms with E-state index in [2.05, 4.69) is 15.3 Å². The quantitative estimate of drug-likeness (QED) is 0.589. The van der Waals surface area contributed by atoms with Gasteiger partial charge in [0.05, 0.1) is 30.9 Å². The molecule has 0 aliphatic heterocycles. The number of methoxy groups -OCH3 is 1. The molecule has 0 saturated carbocycles. The Morgan fingerprint density at radius 3 is 2.33 bits per heavy atom. The Balaban J connectivity index is 0.000000479. The van der Waals surface area contributed by atoms with Crippen molar-refractivity contribution in [2.24, 2.45) is 0 Å². The number of carboxylic acid groups (broad SMARTS) is 1. The maximum atomic E-state index is 12.9. The molecule has 2 aromatic heterocycles. The van der Waals surface area contributed by atoms with Crippen molar-refractivity contribution in [2.45, 2.75) is 45.5 Å². The van der Waals surface area contributed by atoms with Crippen LogP contribution in [0.1, 0.15) is 38.2 Å². The van der Waals surface area contributed by atoms with E-state index in [0.29, 0.717) is 0 Å². The van der Waals surface area contributed by atoms with Crippen molar-refractivity contribution in [1.29, 1.82) is 0 Å². The van der Waals surface area contributed by atoms with E-state index in [1.807, 2.05) is 62.7 Å². The van der Waals surface area contributed by atoms with Crippen LogP contribution in [0, 0.1) is 6.92 Å². The number of alkyl halides is 3. The van der Waals surface area contributed by atoms with Gasteiger partial charge in [-0.1, -0.05) is 6.07 Å². The van der Waals surface area contributed by atoms with Crippen molar-refractivity contribution in [2.75, 3.05) is 7.11 Å². The third kappa shape index (κ3) is 6.21. The minimum Gasteiger partial charge on any atom is -0.497 e. The van der Waals surface area contributed by atoms with E-state index in [9.17, 15) is 18.0 Å². The minimum atomic E-state index is -5.08. The number of carbonyl (C=O) groups excluding carboxylic acids is 1. The molecule has 3 rings (SSSR count). The summed E-state index contributed by atoms with van der Waals surface area (Å²) >= 11 is 0. The van der Waals surface area contributed by atoms with Crippen LogP contribution >= 0.6 is 0 Å². The van der Waals surface area contributed by atoms with Gasteiger partial charge in [0, 0.05) is 17.8 Å². The van der Waals surface area contributed by atoms with Gasteiger partial charge in [0.2, 0.25) is 5.91 Å². The number of imidazole rings is 1. The number of aryl methyl sites for hydroxylation is 1. The normalized spacial score (nSPS) is 12.5. The van der Waals surface area contributed by atoms with Crippen molar-refractivity contribution < 1.29 is 32.6 Å². The minimum absolute atomic E-state index is 0.0934. The van der Waals surface area contributed by atoms with Crippen LogP contribution in [0.15, 0.2) is 43.0 Å². The van der Waals surface area contributed by atoms with Crippen LogP contribution in [0.2, 0.25) is 0 Å². The summed E-state index contributed by atoms with van der Waals surface area (Å²) in [6.45, 7) is 7.58. The number of aromatic nitrogens is 3. The Morgan fingerprint density at radius 1 is 1.18 bits per heavy atom. The van der Waals surface area contributed by atoms with E-state index in [-0.39, 0.29) is 11.9 Å². The highest BCUT2D eigenvalue weighted by molar-refractivity contribution is 5.88. The zero-order valence-corrected chi connectivity index (χ0v) is 18.8. The topological polar surface area (TPSA) is 106 Å². The number of hydrogen-bond donors (Lipinski definition) is 2. The summed E-state index contributed by atoms with van der Waals surface area (Å²) in [5.74, 6) is -2.09. The van der Waals surface area contributed by atoms with Gasteiger partial charge in [0.15, 0.2) is 0 Å². The van der Waals surface area contributed by atoms with Crippen LogP contribution in [0.3, 0.4) is 0 Å². The van der Waals surface area contributed by atoms with Gasteiger partial charge in [-0.15, -0.1) is 0 Å². The lowest BCUT2D eigenvalue weighted by molar-refractivity contribution is -0.192. The molecule has 1 atom stereocenters. The molecule has 8 nitrogen and oxygen atoms in total. The first-order valence-electron chi connectivity index (χ1n) is 9.82. The van der Waals surface area contributed by atoms with Crippen molar-refractivity contribution in [3.05, 3.63) is 54.4 Å². The molecule has 1 aromatic carbocycles. The zero-order chi connectivity index (χ0) is 25.0. The Bertz CT molecular complexity index is 1140. The van der Waals surface area contributed by atoms with E-state index in [4.69, 9.17) is 14.6 Å². The summed E-state index contributed by atoms with van der Waals surface area (Å²) in [4.78, 5) is 30.5. The van der Waals surface area contributed by atoms with Crippen LogP contribution in [0.5, 0.6) is 5.75 Å². The lowest BCUT2D eigenvalue weighted by Crippen LogP contribution is -2.45. The molecular weight excluding hydrogens is 441 g/mol. The molecule has 178 valence electrons. The highest BCUT2D eigenvalue weighted by atomic mass is 19.4. The number of carboxylic acids is 1. The number of carbonyl (C=O) groups is 2. The number of aliphatic carboxylic acids is 1. The summed E-state index contributed by atoms with van der Waals surface area (Å²) in [7, 11) is 1.64. The van der Waals surface area contributed by atoms with E-state index >= 15 is 0 Å². The van der Waals surface area contributed by atoms with Crippen LogP contribution in [0.25, 0.3) is 10.8 Å². The number of amides is 1. The van der Waals surface area contributed by atoms with Gasteiger partial charge >= 0.3 is 12.1 Å². The number of nitrogens with zero attached hydrogens (tertiary/aromatic N) is 3. The second-order valence-electron chi connectivity index (χ2n) is 7.76. The molecule has 1 amide bonds.